The maximum atomic E-state index is 13.2. The highest BCUT2D eigenvalue weighted by atomic mass is 19.1. The largest absolute Gasteiger partial charge is 0.382 e. The lowest BCUT2D eigenvalue weighted by Crippen LogP contribution is -2.31. The van der Waals surface area contributed by atoms with Gasteiger partial charge in [-0.1, -0.05) is 0 Å². The van der Waals surface area contributed by atoms with Gasteiger partial charge in [0.1, 0.15) is 0 Å². The van der Waals surface area contributed by atoms with Crippen LogP contribution < -0.4 is 5.32 Å². The third kappa shape index (κ3) is 4.48. The average molecular weight is 270 g/mol. The molecular formula is C13H19FN2O3. The second-order valence-corrected chi connectivity index (χ2v) is 5.14. The van der Waals surface area contributed by atoms with Crippen LogP contribution in [0.3, 0.4) is 0 Å². The fraction of sp³-hybridized carbons (Fsp3) is 0.538. The van der Waals surface area contributed by atoms with Crippen molar-refractivity contribution in [1.82, 2.24) is 0 Å². The summed E-state index contributed by atoms with van der Waals surface area (Å²) >= 11 is 0. The maximum Gasteiger partial charge on any atom is 0.306 e. The fourth-order valence-corrected chi connectivity index (χ4v) is 1.90. The second kappa shape index (κ2) is 5.97. The van der Waals surface area contributed by atoms with E-state index in [0.717, 1.165) is 6.07 Å². The molecule has 0 bridgehead atoms. The average Bonchev–Trinajstić information content (AvgIpc) is 2.30. The van der Waals surface area contributed by atoms with Gasteiger partial charge in [0.2, 0.25) is 5.82 Å². The minimum absolute atomic E-state index is 0.0417. The molecule has 0 fully saturated rings. The number of nitro benzene ring substituents is 1. The Bertz CT molecular complexity index is 463. The third-order valence-electron chi connectivity index (χ3n) is 2.91. The molecule has 1 aromatic rings. The molecule has 5 nitrogen and oxygen atoms in total. The van der Waals surface area contributed by atoms with E-state index in [4.69, 9.17) is 4.74 Å². The number of nitrogens with one attached hydrogen (secondary N) is 1. The molecular weight excluding hydrogens is 251 g/mol. The molecule has 0 heterocycles. The number of methoxy groups -OCH3 is 1. The summed E-state index contributed by atoms with van der Waals surface area (Å²) in [5.41, 5.74) is -0.297. The number of ether oxygens (including phenoxy) is 1. The molecule has 1 rings (SSSR count). The van der Waals surface area contributed by atoms with Gasteiger partial charge >= 0.3 is 5.69 Å². The molecule has 1 atom stereocenters. The van der Waals surface area contributed by atoms with Crippen molar-refractivity contribution in [3.8, 4) is 0 Å². The van der Waals surface area contributed by atoms with Crippen LogP contribution in [0.2, 0.25) is 0 Å². The van der Waals surface area contributed by atoms with E-state index in [0.29, 0.717) is 12.1 Å². The van der Waals surface area contributed by atoms with E-state index in [2.05, 4.69) is 5.32 Å². The molecule has 6 heteroatoms. The number of anilines is 1. The molecule has 0 aliphatic carbocycles. The van der Waals surface area contributed by atoms with Crippen LogP contribution in [-0.2, 0) is 4.74 Å². The first-order valence-electron chi connectivity index (χ1n) is 6.01. The summed E-state index contributed by atoms with van der Waals surface area (Å²) in [5, 5.41) is 13.8. The fourth-order valence-electron chi connectivity index (χ4n) is 1.90. The summed E-state index contributed by atoms with van der Waals surface area (Å²) in [6.07, 6.45) is 0.717. The molecule has 0 aliphatic heterocycles. The smallest absolute Gasteiger partial charge is 0.306 e. The molecule has 19 heavy (non-hydrogen) atoms. The van der Waals surface area contributed by atoms with Gasteiger partial charge in [0, 0.05) is 24.9 Å². The number of rotatable bonds is 6. The van der Waals surface area contributed by atoms with Crippen molar-refractivity contribution in [3.63, 3.8) is 0 Å². The van der Waals surface area contributed by atoms with Crippen LogP contribution in [0.5, 0.6) is 0 Å². The first-order valence-corrected chi connectivity index (χ1v) is 6.01. The van der Waals surface area contributed by atoms with Crippen LogP contribution in [-0.4, -0.2) is 23.7 Å². The van der Waals surface area contributed by atoms with Crippen LogP contribution >= 0.6 is 0 Å². The number of halogens is 1. The number of nitrogens with zero attached hydrogens (tertiary/aromatic N) is 1. The number of nitro groups is 1. The van der Waals surface area contributed by atoms with Gasteiger partial charge in [-0.2, -0.15) is 4.39 Å². The van der Waals surface area contributed by atoms with E-state index in [-0.39, 0.29) is 11.6 Å². The van der Waals surface area contributed by atoms with Crippen LogP contribution in [0, 0.1) is 15.9 Å². The van der Waals surface area contributed by atoms with E-state index >= 15 is 0 Å². The predicted molar refractivity (Wildman–Crippen MR) is 71.8 cm³/mol. The maximum absolute atomic E-state index is 13.2. The minimum atomic E-state index is -0.833. The number of hydrogen-bond acceptors (Lipinski definition) is 4. The summed E-state index contributed by atoms with van der Waals surface area (Å²) in [6, 6.07) is 3.82. The van der Waals surface area contributed by atoms with Crippen molar-refractivity contribution in [2.45, 2.75) is 38.8 Å². The van der Waals surface area contributed by atoms with Crippen LogP contribution in [0.15, 0.2) is 18.2 Å². The zero-order chi connectivity index (χ0) is 14.6. The molecule has 0 saturated carbocycles. The van der Waals surface area contributed by atoms with Gasteiger partial charge < -0.3 is 10.1 Å². The van der Waals surface area contributed by atoms with E-state index in [1.807, 2.05) is 20.8 Å². The normalized spacial score (nSPS) is 13.1. The second-order valence-electron chi connectivity index (χ2n) is 5.14. The minimum Gasteiger partial charge on any atom is -0.382 e. The summed E-state index contributed by atoms with van der Waals surface area (Å²) in [5.74, 6) is -0.833. The molecule has 0 amide bonds. The van der Waals surface area contributed by atoms with Gasteiger partial charge in [-0.05, 0) is 39.3 Å². The van der Waals surface area contributed by atoms with Gasteiger partial charge in [0.05, 0.1) is 10.5 Å². The molecule has 1 N–H and O–H groups in total. The Morgan fingerprint density at radius 1 is 1.53 bits per heavy atom. The van der Waals surface area contributed by atoms with Gasteiger partial charge in [0.25, 0.3) is 0 Å². The Balaban J connectivity index is 2.77. The van der Waals surface area contributed by atoms with Gasteiger partial charge in [-0.3, -0.25) is 10.1 Å². The summed E-state index contributed by atoms with van der Waals surface area (Å²) in [6.45, 7) is 5.85. The lowest BCUT2D eigenvalue weighted by molar-refractivity contribution is -0.387. The van der Waals surface area contributed by atoms with E-state index < -0.39 is 16.4 Å². The third-order valence-corrected chi connectivity index (χ3v) is 2.91. The zero-order valence-corrected chi connectivity index (χ0v) is 11.6. The lowest BCUT2D eigenvalue weighted by atomic mass is 9.99. The molecule has 0 saturated heterocycles. The number of benzene rings is 1. The van der Waals surface area contributed by atoms with Gasteiger partial charge in [-0.25, -0.2) is 0 Å². The molecule has 0 aromatic heterocycles. The van der Waals surface area contributed by atoms with Gasteiger partial charge in [0.15, 0.2) is 0 Å². The van der Waals surface area contributed by atoms with Crippen molar-refractivity contribution < 1.29 is 14.1 Å². The molecule has 0 radical (unpaired) electrons. The predicted octanol–water partition coefficient (Wildman–Crippen LogP) is 3.35. The highest BCUT2D eigenvalue weighted by molar-refractivity contribution is 5.52. The molecule has 106 valence electrons. The summed E-state index contributed by atoms with van der Waals surface area (Å²) < 4.78 is 18.5. The Morgan fingerprint density at radius 2 is 2.16 bits per heavy atom. The summed E-state index contributed by atoms with van der Waals surface area (Å²) in [4.78, 5) is 9.92. The van der Waals surface area contributed by atoms with Crippen molar-refractivity contribution >= 4 is 11.4 Å². The van der Waals surface area contributed by atoms with E-state index in [1.165, 1.54) is 12.1 Å². The van der Waals surface area contributed by atoms with Crippen molar-refractivity contribution in [3.05, 3.63) is 34.1 Å². The Hall–Kier alpha value is -1.69. The van der Waals surface area contributed by atoms with Crippen molar-refractivity contribution in [2.24, 2.45) is 0 Å². The Kier molecular flexibility index (Phi) is 4.83. The van der Waals surface area contributed by atoms with Gasteiger partial charge in [-0.15, -0.1) is 0 Å². The Labute approximate surface area is 111 Å². The zero-order valence-electron chi connectivity index (χ0n) is 11.6. The highest BCUT2D eigenvalue weighted by Gasteiger charge is 2.21. The van der Waals surface area contributed by atoms with E-state index in [9.17, 15) is 14.5 Å². The Morgan fingerprint density at radius 3 is 2.68 bits per heavy atom. The van der Waals surface area contributed by atoms with Crippen LogP contribution in [0.25, 0.3) is 0 Å². The standard InChI is InChI=1S/C13H19FN2O3/c1-9(8-13(2,3)19-4)15-10-5-6-11(14)12(7-10)16(17)18/h5-7,9,15H,8H2,1-4H3. The monoisotopic (exact) mass is 270 g/mol. The first kappa shape index (κ1) is 15.4. The molecule has 1 aromatic carbocycles. The topological polar surface area (TPSA) is 64.4 Å². The van der Waals surface area contributed by atoms with E-state index in [1.54, 1.807) is 7.11 Å². The van der Waals surface area contributed by atoms with Crippen molar-refractivity contribution in [2.75, 3.05) is 12.4 Å². The molecule has 1 unspecified atom stereocenters. The summed E-state index contributed by atoms with van der Waals surface area (Å²) in [7, 11) is 1.63. The van der Waals surface area contributed by atoms with Crippen LogP contribution in [0.1, 0.15) is 27.2 Å². The molecule has 0 aliphatic rings. The quantitative estimate of drug-likeness (QED) is 0.636. The van der Waals surface area contributed by atoms with Crippen LogP contribution in [0.4, 0.5) is 15.8 Å². The lowest BCUT2D eigenvalue weighted by Gasteiger charge is -2.27. The molecule has 0 spiro atoms. The van der Waals surface area contributed by atoms with Crippen molar-refractivity contribution in [1.29, 1.82) is 0 Å². The SMILES string of the molecule is COC(C)(C)CC(C)Nc1ccc(F)c([N+](=O)[O-])c1. The number of hydrogen-bond donors (Lipinski definition) is 1. The highest BCUT2D eigenvalue weighted by Crippen LogP contribution is 2.24. The first-order chi connectivity index (χ1) is 8.75.